The number of imide groups is 1. The van der Waals surface area contributed by atoms with Gasteiger partial charge in [0.2, 0.25) is 5.91 Å². The Bertz CT molecular complexity index is 1150. The molecule has 2 saturated heterocycles. The van der Waals surface area contributed by atoms with Gasteiger partial charge >= 0.3 is 0 Å². The van der Waals surface area contributed by atoms with E-state index in [1.807, 2.05) is 30.3 Å². The molecule has 3 amide bonds. The smallest absolute Gasteiger partial charge is 0.294 e. The molecule has 2 aromatic rings. The maximum Gasteiger partial charge on any atom is 0.294 e. The third-order valence-corrected chi connectivity index (χ3v) is 7.90. The van der Waals surface area contributed by atoms with Gasteiger partial charge in [0.15, 0.2) is 11.5 Å². The van der Waals surface area contributed by atoms with E-state index in [1.54, 1.807) is 24.2 Å². The molecule has 0 spiro atoms. The average Bonchev–Trinajstić information content (AvgIpc) is 3.44. The summed E-state index contributed by atoms with van der Waals surface area (Å²) in [5.74, 6) is 0.512. The first-order valence-electron chi connectivity index (χ1n) is 10.6. The van der Waals surface area contributed by atoms with E-state index in [1.165, 1.54) is 0 Å². The molecule has 0 unspecified atom stereocenters. The molecule has 0 radical (unpaired) electrons. The predicted octanol–water partition coefficient (Wildman–Crippen LogP) is 5.14. The highest BCUT2D eigenvalue weighted by molar-refractivity contribution is 14.1. The van der Waals surface area contributed by atoms with E-state index in [9.17, 15) is 14.4 Å². The highest BCUT2D eigenvalue weighted by Crippen LogP contribution is 2.37. The Kier molecular flexibility index (Phi) is 8.40. The van der Waals surface area contributed by atoms with Crippen molar-refractivity contribution in [3.8, 4) is 11.5 Å². The van der Waals surface area contributed by atoms with Crippen LogP contribution in [0.3, 0.4) is 0 Å². The summed E-state index contributed by atoms with van der Waals surface area (Å²) < 4.78 is 13.5. The largest absolute Gasteiger partial charge is 0.493 e. The highest BCUT2D eigenvalue weighted by atomic mass is 127. The Morgan fingerprint density at radius 1 is 1.12 bits per heavy atom. The van der Waals surface area contributed by atoms with Crippen LogP contribution in [-0.4, -0.2) is 53.6 Å². The summed E-state index contributed by atoms with van der Waals surface area (Å²) in [6.07, 6.45) is 3.57. The molecule has 0 aliphatic carbocycles. The van der Waals surface area contributed by atoms with E-state index in [2.05, 4.69) is 45.2 Å². The zero-order valence-corrected chi connectivity index (χ0v) is 23.5. The minimum absolute atomic E-state index is 0.188. The van der Waals surface area contributed by atoms with Gasteiger partial charge in [0.05, 0.1) is 15.6 Å². The van der Waals surface area contributed by atoms with Gasteiger partial charge in [-0.3, -0.25) is 19.3 Å². The van der Waals surface area contributed by atoms with Crippen molar-refractivity contribution in [2.75, 3.05) is 26.7 Å². The summed E-state index contributed by atoms with van der Waals surface area (Å²) in [6.45, 7) is 1.54. The van der Waals surface area contributed by atoms with Crippen molar-refractivity contribution in [2.24, 2.45) is 0 Å². The van der Waals surface area contributed by atoms with Crippen LogP contribution in [0, 0.1) is 7.14 Å². The lowest BCUT2D eigenvalue weighted by Crippen LogP contribution is -2.40. The number of methoxy groups -OCH3 is 1. The van der Waals surface area contributed by atoms with Crippen LogP contribution in [0.1, 0.15) is 24.0 Å². The van der Waals surface area contributed by atoms with Crippen LogP contribution in [0.5, 0.6) is 11.5 Å². The molecule has 0 saturated carbocycles. The van der Waals surface area contributed by atoms with E-state index >= 15 is 0 Å². The molecule has 4 rings (SSSR count). The number of carbonyl (C=O) groups is 3. The normalized spacial score (nSPS) is 17.1. The van der Waals surface area contributed by atoms with Crippen molar-refractivity contribution in [2.45, 2.75) is 19.4 Å². The van der Waals surface area contributed by atoms with Gasteiger partial charge in [-0.1, -0.05) is 12.1 Å². The van der Waals surface area contributed by atoms with Crippen molar-refractivity contribution in [1.29, 1.82) is 0 Å². The molecule has 0 atom stereocenters. The minimum Gasteiger partial charge on any atom is -0.493 e. The van der Waals surface area contributed by atoms with Gasteiger partial charge in [0.25, 0.3) is 11.1 Å². The predicted molar refractivity (Wildman–Crippen MR) is 148 cm³/mol. The van der Waals surface area contributed by atoms with Crippen LogP contribution in [-0.2, 0) is 16.2 Å². The second-order valence-electron chi connectivity index (χ2n) is 7.81. The topological polar surface area (TPSA) is 76.2 Å². The number of hydrogen-bond acceptors (Lipinski definition) is 6. The van der Waals surface area contributed by atoms with Crippen LogP contribution in [0.25, 0.3) is 6.08 Å². The monoisotopic (exact) mass is 704 g/mol. The fourth-order valence-corrected chi connectivity index (χ4v) is 5.67. The molecule has 10 heteroatoms. The lowest BCUT2D eigenvalue weighted by Gasteiger charge is -2.18. The number of rotatable bonds is 7. The molecule has 2 aliphatic rings. The minimum atomic E-state index is -0.449. The van der Waals surface area contributed by atoms with Gasteiger partial charge in [-0.25, -0.2) is 0 Å². The van der Waals surface area contributed by atoms with Gasteiger partial charge in [-0.2, -0.15) is 0 Å². The van der Waals surface area contributed by atoms with Gasteiger partial charge in [0.1, 0.15) is 13.2 Å². The number of benzene rings is 2. The number of halogens is 2. The Morgan fingerprint density at radius 2 is 1.82 bits per heavy atom. The van der Waals surface area contributed by atoms with Crippen molar-refractivity contribution in [3.63, 3.8) is 0 Å². The zero-order valence-electron chi connectivity index (χ0n) is 18.4. The van der Waals surface area contributed by atoms with Gasteiger partial charge in [-0.05, 0) is 111 Å². The highest BCUT2D eigenvalue weighted by Gasteiger charge is 2.37. The Labute approximate surface area is 229 Å². The second-order valence-corrected chi connectivity index (χ2v) is 11.2. The Balaban J connectivity index is 1.49. The van der Waals surface area contributed by atoms with Crippen LogP contribution in [0.15, 0.2) is 41.3 Å². The third-order valence-electron chi connectivity index (χ3n) is 5.47. The fourth-order valence-electron chi connectivity index (χ4n) is 3.69. The first-order chi connectivity index (χ1) is 16.4. The van der Waals surface area contributed by atoms with Crippen molar-refractivity contribution in [3.05, 3.63) is 59.6 Å². The quantitative estimate of drug-likeness (QED) is 0.294. The van der Waals surface area contributed by atoms with E-state index in [0.29, 0.717) is 36.8 Å². The SMILES string of the molecule is COc1cc(/C=C2/SC(=O)N(CC(=O)N3CCCC3)C2=O)cc(I)c1OCc1ccc(I)cc1. The molecule has 0 bridgehead atoms. The van der Waals surface area contributed by atoms with Crippen LogP contribution in [0.4, 0.5) is 4.79 Å². The lowest BCUT2D eigenvalue weighted by atomic mass is 10.1. The van der Waals surface area contributed by atoms with Crippen molar-refractivity contribution in [1.82, 2.24) is 9.80 Å². The average molecular weight is 704 g/mol. The van der Waals surface area contributed by atoms with Crippen LogP contribution in [0.2, 0.25) is 0 Å². The number of nitrogens with zero attached hydrogens (tertiary/aromatic N) is 2. The molecule has 7 nitrogen and oxygen atoms in total. The zero-order chi connectivity index (χ0) is 24.2. The maximum atomic E-state index is 12.8. The Hall–Kier alpha value is -1.80. The van der Waals surface area contributed by atoms with Crippen LogP contribution >= 0.6 is 56.9 Å². The molecular weight excluding hydrogens is 682 g/mol. The third kappa shape index (κ3) is 5.88. The molecule has 34 heavy (non-hydrogen) atoms. The van der Waals surface area contributed by atoms with E-state index in [-0.39, 0.29) is 17.4 Å². The molecule has 2 aliphatic heterocycles. The van der Waals surface area contributed by atoms with Crippen molar-refractivity contribution < 1.29 is 23.9 Å². The lowest BCUT2D eigenvalue weighted by molar-refractivity contribution is -0.135. The molecule has 0 aromatic heterocycles. The maximum absolute atomic E-state index is 12.8. The summed E-state index contributed by atoms with van der Waals surface area (Å²) in [4.78, 5) is 40.7. The molecule has 2 aromatic carbocycles. The first-order valence-corrected chi connectivity index (χ1v) is 13.6. The first kappa shape index (κ1) is 25.3. The van der Waals surface area contributed by atoms with E-state index in [0.717, 1.165) is 42.2 Å². The Morgan fingerprint density at radius 3 is 2.50 bits per heavy atom. The standard InChI is InChI=1S/C24H22I2N2O5S/c1-32-19-11-16(10-18(26)22(19)33-14-15-4-6-17(25)7-5-15)12-20-23(30)28(24(31)34-20)13-21(29)27-8-2-3-9-27/h4-7,10-12H,2-3,8-9,13-14H2,1H3/b20-12+. The molecule has 0 N–H and O–H groups in total. The number of thioether (sulfide) groups is 1. The summed E-state index contributed by atoms with van der Waals surface area (Å²) in [5, 5.41) is -0.428. The van der Waals surface area contributed by atoms with Gasteiger partial charge in [-0.15, -0.1) is 0 Å². The summed E-state index contributed by atoms with van der Waals surface area (Å²) >= 11 is 5.27. The fraction of sp³-hybridized carbons (Fsp3) is 0.292. The molecule has 2 fully saturated rings. The summed E-state index contributed by atoms with van der Waals surface area (Å²) in [5.41, 5.74) is 1.75. The second kappa shape index (κ2) is 11.3. The van der Waals surface area contributed by atoms with Gasteiger partial charge < -0.3 is 14.4 Å². The van der Waals surface area contributed by atoms with Crippen molar-refractivity contribution >= 4 is 80.1 Å². The molecule has 178 valence electrons. The van der Waals surface area contributed by atoms with Gasteiger partial charge in [0, 0.05) is 16.7 Å². The number of likely N-dealkylation sites (tertiary alicyclic amines) is 1. The molecular formula is C24H22I2N2O5S. The number of amides is 3. The number of hydrogen-bond donors (Lipinski definition) is 0. The number of ether oxygens (including phenoxy) is 2. The molecule has 2 heterocycles. The van der Waals surface area contributed by atoms with Crippen LogP contribution < -0.4 is 9.47 Å². The number of carbonyl (C=O) groups excluding carboxylic acids is 3. The summed E-state index contributed by atoms with van der Waals surface area (Å²) in [7, 11) is 1.56. The summed E-state index contributed by atoms with van der Waals surface area (Å²) in [6, 6.07) is 11.7. The van der Waals surface area contributed by atoms with E-state index < -0.39 is 11.1 Å². The van der Waals surface area contributed by atoms with E-state index in [4.69, 9.17) is 9.47 Å².